The standard InChI is InChI=1S/C13H10Cl2S2/c14-11-4-2-1-3-9(11)8-17-13-6-5-10(16)7-12(13)15/h1-7,16H,8H2. The van der Waals surface area contributed by atoms with Crippen LogP contribution in [0.2, 0.25) is 10.0 Å². The molecule has 4 heteroatoms. The van der Waals surface area contributed by atoms with Gasteiger partial charge in [-0.3, -0.25) is 0 Å². The average Bonchev–Trinajstić information content (AvgIpc) is 2.30. The van der Waals surface area contributed by atoms with Crippen LogP contribution in [0, 0.1) is 0 Å². The van der Waals surface area contributed by atoms with Gasteiger partial charge in [-0.15, -0.1) is 24.4 Å². The van der Waals surface area contributed by atoms with Crippen LogP contribution in [0.25, 0.3) is 0 Å². The molecule has 88 valence electrons. The molecule has 0 nitrogen and oxygen atoms in total. The van der Waals surface area contributed by atoms with Crippen molar-refractivity contribution in [2.24, 2.45) is 0 Å². The van der Waals surface area contributed by atoms with E-state index in [0.29, 0.717) is 0 Å². The molecule has 0 amide bonds. The minimum absolute atomic E-state index is 0.731. The van der Waals surface area contributed by atoms with Crippen molar-refractivity contribution in [3.63, 3.8) is 0 Å². The van der Waals surface area contributed by atoms with Crippen LogP contribution in [0.5, 0.6) is 0 Å². The maximum absolute atomic E-state index is 6.13. The van der Waals surface area contributed by atoms with E-state index >= 15 is 0 Å². The van der Waals surface area contributed by atoms with Gasteiger partial charge in [0.15, 0.2) is 0 Å². The van der Waals surface area contributed by atoms with Crippen molar-refractivity contribution in [2.45, 2.75) is 15.5 Å². The fourth-order valence-electron chi connectivity index (χ4n) is 1.38. The summed E-state index contributed by atoms with van der Waals surface area (Å²) in [5.41, 5.74) is 1.12. The lowest BCUT2D eigenvalue weighted by atomic mass is 10.2. The summed E-state index contributed by atoms with van der Waals surface area (Å²) in [6.45, 7) is 0. The largest absolute Gasteiger partial charge is 0.143 e. The SMILES string of the molecule is Sc1ccc(SCc2ccccc2Cl)c(Cl)c1. The minimum atomic E-state index is 0.731. The fraction of sp³-hybridized carbons (Fsp3) is 0.0769. The lowest BCUT2D eigenvalue weighted by molar-refractivity contribution is 1.34. The highest BCUT2D eigenvalue weighted by molar-refractivity contribution is 7.98. The van der Waals surface area contributed by atoms with Crippen molar-refractivity contribution in [2.75, 3.05) is 0 Å². The van der Waals surface area contributed by atoms with Gasteiger partial charge in [-0.1, -0.05) is 41.4 Å². The summed E-state index contributed by atoms with van der Waals surface area (Å²) in [5.74, 6) is 0.811. The van der Waals surface area contributed by atoms with Gasteiger partial charge in [-0.25, -0.2) is 0 Å². The van der Waals surface area contributed by atoms with E-state index in [1.165, 1.54) is 0 Å². The molecule has 0 radical (unpaired) electrons. The number of halogens is 2. The summed E-state index contributed by atoms with van der Waals surface area (Å²) in [5, 5.41) is 1.52. The Bertz CT molecular complexity index is 527. The summed E-state index contributed by atoms with van der Waals surface area (Å²) >= 11 is 18.1. The topological polar surface area (TPSA) is 0 Å². The number of hydrogen-bond acceptors (Lipinski definition) is 2. The van der Waals surface area contributed by atoms with Gasteiger partial charge >= 0.3 is 0 Å². The quantitative estimate of drug-likeness (QED) is 0.571. The van der Waals surface area contributed by atoms with Crippen LogP contribution >= 0.6 is 47.6 Å². The molecule has 0 atom stereocenters. The molecule has 0 heterocycles. The van der Waals surface area contributed by atoms with Crippen LogP contribution in [-0.4, -0.2) is 0 Å². The van der Waals surface area contributed by atoms with Gasteiger partial charge < -0.3 is 0 Å². The predicted molar refractivity (Wildman–Crippen MR) is 79.7 cm³/mol. The average molecular weight is 301 g/mol. The Hall–Kier alpha value is -0.280. The predicted octanol–water partition coefficient (Wildman–Crippen LogP) is 5.57. The fourth-order valence-corrected chi connectivity index (χ4v) is 3.21. The van der Waals surface area contributed by atoms with Crippen LogP contribution in [-0.2, 0) is 5.75 Å². The van der Waals surface area contributed by atoms with Crippen molar-refractivity contribution in [3.05, 3.63) is 58.1 Å². The number of thiol groups is 1. The molecule has 0 fully saturated rings. The highest BCUT2D eigenvalue weighted by Crippen LogP contribution is 2.32. The number of thioether (sulfide) groups is 1. The third-order valence-corrected chi connectivity index (χ3v) is 4.45. The van der Waals surface area contributed by atoms with Crippen LogP contribution in [0.1, 0.15) is 5.56 Å². The third-order valence-electron chi connectivity index (χ3n) is 2.26. The van der Waals surface area contributed by atoms with Crippen molar-refractivity contribution >= 4 is 47.6 Å². The Balaban J connectivity index is 2.10. The Labute approximate surface area is 121 Å². The van der Waals surface area contributed by atoms with Gasteiger partial charge in [-0.05, 0) is 29.8 Å². The molecule has 0 saturated heterocycles. The maximum atomic E-state index is 6.13. The number of benzene rings is 2. The zero-order valence-electron chi connectivity index (χ0n) is 8.86. The molecule has 2 rings (SSSR count). The summed E-state index contributed by atoms with van der Waals surface area (Å²) < 4.78 is 0. The van der Waals surface area contributed by atoms with E-state index in [1.54, 1.807) is 11.8 Å². The first kappa shape index (κ1) is 13.2. The molecular formula is C13H10Cl2S2. The van der Waals surface area contributed by atoms with Crippen LogP contribution in [0.15, 0.2) is 52.3 Å². The van der Waals surface area contributed by atoms with Gasteiger partial charge in [0.05, 0.1) is 5.02 Å². The zero-order chi connectivity index (χ0) is 12.3. The minimum Gasteiger partial charge on any atom is -0.143 e. The normalized spacial score (nSPS) is 10.5. The molecule has 0 unspecified atom stereocenters. The molecule has 2 aromatic rings. The number of rotatable bonds is 3. The smallest absolute Gasteiger partial charge is 0.0553 e. The van der Waals surface area contributed by atoms with Gasteiger partial charge in [0.2, 0.25) is 0 Å². The second-order valence-corrected chi connectivity index (χ2v) is 5.84. The summed E-state index contributed by atoms with van der Waals surface area (Å²) in [4.78, 5) is 1.92. The third kappa shape index (κ3) is 3.59. The molecule has 0 N–H and O–H groups in total. The zero-order valence-corrected chi connectivity index (χ0v) is 12.1. The van der Waals surface area contributed by atoms with Gasteiger partial charge in [0.25, 0.3) is 0 Å². The Morgan fingerprint density at radius 3 is 2.47 bits per heavy atom. The second kappa shape index (κ2) is 6.05. The van der Waals surface area contributed by atoms with E-state index in [4.69, 9.17) is 23.2 Å². The van der Waals surface area contributed by atoms with Gasteiger partial charge in [0.1, 0.15) is 0 Å². The van der Waals surface area contributed by atoms with E-state index < -0.39 is 0 Å². The van der Waals surface area contributed by atoms with Gasteiger partial charge in [0, 0.05) is 20.6 Å². The van der Waals surface area contributed by atoms with Crippen molar-refractivity contribution < 1.29 is 0 Å². The Morgan fingerprint density at radius 1 is 1.00 bits per heavy atom. The molecule has 0 aliphatic heterocycles. The molecule has 0 aliphatic rings. The molecule has 0 aliphatic carbocycles. The first-order valence-electron chi connectivity index (χ1n) is 5.01. The molecule has 17 heavy (non-hydrogen) atoms. The van der Waals surface area contributed by atoms with E-state index in [1.807, 2.05) is 42.5 Å². The van der Waals surface area contributed by atoms with Gasteiger partial charge in [-0.2, -0.15) is 0 Å². The highest BCUT2D eigenvalue weighted by Gasteiger charge is 2.04. The van der Waals surface area contributed by atoms with E-state index in [-0.39, 0.29) is 0 Å². The lowest BCUT2D eigenvalue weighted by Gasteiger charge is -2.06. The summed E-state index contributed by atoms with van der Waals surface area (Å²) in [7, 11) is 0. The first-order chi connectivity index (χ1) is 8.16. The monoisotopic (exact) mass is 300 g/mol. The van der Waals surface area contributed by atoms with Crippen LogP contribution in [0.4, 0.5) is 0 Å². The maximum Gasteiger partial charge on any atom is 0.0553 e. The first-order valence-corrected chi connectivity index (χ1v) is 7.20. The molecule has 0 bridgehead atoms. The van der Waals surface area contributed by atoms with Crippen molar-refractivity contribution in [1.29, 1.82) is 0 Å². The van der Waals surface area contributed by atoms with Crippen molar-refractivity contribution in [3.8, 4) is 0 Å². The van der Waals surface area contributed by atoms with Crippen molar-refractivity contribution in [1.82, 2.24) is 0 Å². The summed E-state index contributed by atoms with van der Waals surface area (Å²) in [6, 6.07) is 13.6. The Kier molecular flexibility index (Phi) is 4.69. The molecule has 0 aromatic heterocycles. The lowest BCUT2D eigenvalue weighted by Crippen LogP contribution is -1.82. The van der Waals surface area contributed by atoms with Crippen LogP contribution in [0.3, 0.4) is 0 Å². The van der Waals surface area contributed by atoms with E-state index in [2.05, 4.69) is 12.6 Å². The highest BCUT2D eigenvalue weighted by atomic mass is 35.5. The van der Waals surface area contributed by atoms with E-state index in [9.17, 15) is 0 Å². The number of hydrogen-bond donors (Lipinski definition) is 1. The molecule has 2 aromatic carbocycles. The molecule has 0 saturated carbocycles. The second-order valence-electron chi connectivity index (χ2n) is 3.49. The molecule has 0 spiro atoms. The van der Waals surface area contributed by atoms with Crippen LogP contribution < -0.4 is 0 Å². The summed E-state index contributed by atoms with van der Waals surface area (Å²) in [6.07, 6.45) is 0. The molecular weight excluding hydrogens is 291 g/mol. The van der Waals surface area contributed by atoms with E-state index in [0.717, 1.165) is 31.2 Å². The Morgan fingerprint density at radius 2 is 1.76 bits per heavy atom.